The Kier molecular flexibility index (Phi) is 4.78. The van der Waals surface area contributed by atoms with Crippen molar-refractivity contribution in [3.05, 3.63) is 47.3 Å². The highest BCUT2D eigenvalue weighted by Crippen LogP contribution is 2.13. The summed E-state index contributed by atoms with van der Waals surface area (Å²) in [6, 6.07) is 6.09. The molecule has 0 atom stereocenters. The van der Waals surface area contributed by atoms with E-state index in [0.29, 0.717) is 18.1 Å². The molecule has 0 aliphatic carbocycles. The SMILES string of the molecule is COCc1ccc(COC(=O)c2ccc(C(=O)OC)o2)o1. The van der Waals surface area contributed by atoms with Crippen LogP contribution < -0.4 is 0 Å². The van der Waals surface area contributed by atoms with Crippen LogP contribution in [0.25, 0.3) is 0 Å². The van der Waals surface area contributed by atoms with Gasteiger partial charge < -0.3 is 23.0 Å². The monoisotopic (exact) mass is 294 g/mol. The van der Waals surface area contributed by atoms with Gasteiger partial charge in [-0.3, -0.25) is 0 Å². The second-order valence-electron chi connectivity index (χ2n) is 4.03. The molecule has 7 heteroatoms. The van der Waals surface area contributed by atoms with E-state index in [1.54, 1.807) is 19.2 Å². The maximum absolute atomic E-state index is 11.7. The van der Waals surface area contributed by atoms with Crippen molar-refractivity contribution in [2.75, 3.05) is 14.2 Å². The summed E-state index contributed by atoms with van der Waals surface area (Å²) >= 11 is 0. The lowest BCUT2D eigenvalue weighted by atomic mass is 10.4. The first-order chi connectivity index (χ1) is 10.1. The van der Waals surface area contributed by atoms with Gasteiger partial charge in [0.05, 0.1) is 7.11 Å². The molecule has 2 aromatic rings. The van der Waals surface area contributed by atoms with Crippen molar-refractivity contribution < 1.29 is 32.6 Å². The maximum Gasteiger partial charge on any atom is 0.374 e. The van der Waals surface area contributed by atoms with Gasteiger partial charge >= 0.3 is 11.9 Å². The fraction of sp³-hybridized carbons (Fsp3) is 0.286. The van der Waals surface area contributed by atoms with Crippen LogP contribution in [0.1, 0.15) is 32.6 Å². The lowest BCUT2D eigenvalue weighted by Gasteiger charge is -2.00. The van der Waals surface area contributed by atoms with Gasteiger partial charge in [-0.2, -0.15) is 0 Å². The molecule has 0 saturated carbocycles. The van der Waals surface area contributed by atoms with E-state index in [0.717, 1.165) is 0 Å². The third-order valence-corrected chi connectivity index (χ3v) is 2.54. The Bertz CT molecular complexity index is 623. The minimum Gasteiger partial charge on any atom is -0.463 e. The Balaban J connectivity index is 1.91. The Hall–Kier alpha value is -2.54. The minimum atomic E-state index is -0.699. The van der Waals surface area contributed by atoms with Crippen LogP contribution in [-0.4, -0.2) is 26.2 Å². The Morgan fingerprint density at radius 2 is 1.52 bits per heavy atom. The topological polar surface area (TPSA) is 88.1 Å². The molecule has 0 bridgehead atoms. The Morgan fingerprint density at radius 1 is 0.905 bits per heavy atom. The highest BCUT2D eigenvalue weighted by atomic mass is 16.6. The molecule has 7 nitrogen and oxygen atoms in total. The number of carbonyl (C=O) groups excluding carboxylic acids is 2. The lowest BCUT2D eigenvalue weighted by molar-refractivity contribution is 0.0397. The lowest BCUT2D eigenvalue weighted by Crippen LogP contribution is -2.04. The van der Waals surface area contributed by atoms with E-state index in [1.165, 1.54) is 19.2 Å². The first kappa shape index (κ1) is 14.9. The van der Waals surface area contributed by atoms with Crippen LogP contribution >= 0.6 is 0 Å². The molecule has 21 heavy (non-hydrogen) atoms. The Labute approximate surface area is 120 Å². The van der Waals surface area contributed by atoms with Crippen LogP contribution in [0.2, 0.25) is 0 Å². The predicted molar refractivity (Wildman–Crippen MR) is 68.6 cm³/mol. The smallest absolute Gasteiger partial charge is 0.374 e. The molecule has 0 radical (unpaired) electrons. The van der Waals surface area contributed by atoms with Crippen molar-refractivity contribution in [3.8, 4) is 0 Å². The summed E-state index contributed by atoms with van der Waals surface area (Å²) in [4.78, 5) is 22.9. The molecule has 2 aromatic heterocycles. The average molecular weight is 294 g/mol. The normalized spacial score (nSPS) is 10.4. The van der Waals surface area contributed by atoms with Gasteiger partial charge in [-0.15, -0.1) is 0 Å². The van der Waals surface area contributed by atoms with Crippen molar-refractivity contribution in [2.45, 2.75) is 13.2 Å². The van der Waals surface area contributed by atoms with E-state index >= 15 is 0 Å². The van der Waals surface area contributed by atoms with E-state index in [4.69, 9.17) is 18.3 Å². The van der Waals surface area contributed by atoms with E-state index in [2.05, 4.69) is 4.74 Å². The zero-order valence-corrected chi connectivity index (χ0v) is 11.6. The number of furan rings is 2. The van der Waals surface area contributed by atoms with Crippen LogP contribution in [0.15, 0.2) is 33.1 Å². The number of hydrogen-bond donors (Lipinski definition) is 0. The summed E-state index contributed by atoms with van der Waals surface area (Å²) in [6.07, 6.45) is 0. The molecule has 0 aliphatic rings. The first-order valence-corrected chi connectivity index (χ1v) is 6.06. The zero-order chi connectivity index (χ0) is 15.2. The second kappa shape index (κ2) is 6.76. The minimum absolute atomic E-state index is 0.0448. The van der Waals surface area contributed by atoms with Gasteiger partial charge in [0.1, 0.15) is 24.7 Å². The van der Waals surface area contributed by atoms with Gasteiger partial charge in [-0.1, -0.05) is 0 Å². The fourth-order valence-corrected chi connectivity index (χ4v) is 1.59. The highest BCUT2D eigenvalue weighted by Gasteiger charge is 2.17. The fourth-order valence-electron chi connectivity index (χ4n) is 1.59. The molecule has 2 rings (SSSR count). The molecule has 0 saturated heterocycles. The number of ether oxygens (including phenoxy) is 3. The first-order valence-electron chi connectivity index (χ1n) is 6.06. The quantitative estimate of drug-likeness (QED) is 0.754. The molecule has 0 unspecified atom stereocenters. The number of hydrogen-bond acceptors (Lipinski definition) is 7. The number of esters is 2. The Morgan fingerprint density at radius 3 is 2.14 bits per heavy atom. The van der Waals surface area contributed by atoms with Gasteiger partial charge in [-0.05, 0) is 24.3 Å². The third-order valence-electron chi connectivity index (χ3n) is 2.54. The summed E-state index contributed by atoms with van der Waals surface area (Å²) in [6.45, 7) is 0.297. The number of methoxy groups -OCH3 is 2. The van der Waals surface area contributed by atoms with Crippen molar-refractivity contribution in [3.63, 3.8) is 0 Å². The maximum atomic E-state index is 11.7. The molecule has 0 fully saturated rings. The van der Waals surface area contributed by atoms with Gasteiger partial charge in [0.25, 0.3) is 0 Å². The van der Waals surface area contributed by atoms with Crippen molar-refractivity contribution in [2.24, 2.45) is 0 Å². The molecule has 2 heterocycles. The van der Waals surface area contributed by atoms with E-state index in [-0.39, 0.29) is 18.1 Å². The molecule has 0 spiro atoms. The zero-order valence-electron chi connectivity index (χ0n) is 11.6. The molecule has 0 aromatic carbocycles. The van der Waals surface area contributed by atoms with Crippen LogP contribution in [0.4, 0.5) is 0 Å². The molecular weight excluding hydrogens is 280 g/mol. The summed E-state index contributed by atoms with van der Waals surface area (Å²) in [7, 11) is 2.77. The predicted octanol–water partition coefficient (Wildman–Crippen LogP) is 2.16. The van der Waals surface area contributed by atoms with E-state index < -0.39 is 11.9 Å². The van der Waals surface area contributed by atoms with Crippen LogP contribution in [0.3, 0.4) is 0 Å². The number of carbonyl (C=O) groups is 2. The van der Waals surface area contributed by atoms with Crippen molar-refractivity contribution >= 4 is 11.9 Å². The summed E-state index contributed by atoms with van der Waals surface area (Å²) in [5.41, 5.74) is 0. The van der Waals surface area contributed by atoms with Gasteiger partial charge in [-0.25, -0.2) is 9.59 Å². The van der Waals surface area contributed by atoms with Crippen LogP contribution in [0, 0.1) is 0 Å². The van der Waals surface area contributed by atoms with E-state index in [9.17, 15) is 9.59 Å². The summed E-state index contributed by atoms with van der Waals surface area (Å²) in [5.74, 6) is -0.396. The van der Waals surface area contributed by atoms with Crippen molar-refractivity contribution in [1.29, 1.82) is 0 Å². The van der Waals surface area contributed by atoms with Crippen molar-refractivity contribution in [1.82, 2.24) is 0 Å². The van der Waals surface area contributed by atoms with Crippen LogP contribution in [-0.2, 0) is 27.4 Å². The third kappa shape index (κ3) is 3.73. The second-order valence-corrected chi connectivity index (χ2v) is 4.03. The summed E-state index contributed by atoms with van der Waals surface area (Å²) in [5, 5.41) is 0. The molecule has 0 N–H and O–H groups in total. The summed E-state index contributed by atoms with van der Waals surface area (Å²) < 4.78 is 24.8. The largest absolute Gasteiger partial charge is 0.463 e. The molecular formula is C14H14O7. The van der Waals surface area contributed by atoms with Crippen LogP contribution in [0.5, 0.6) is 0 Å². The highest BCUT2D eigenvalue weighted by molar-refractivity contribution is 5.90. The van der Waals surface area contributed by atoms with Gasteiger partial charge in [0.2, 0.25) is 11.5 Å². The average Bonchev–Trinajstić information content (AvgIpc) is 3.13. The van der Waals surface area contributed by atoms with Gasteiger partial charge in [0, 0.05) is 7.11 Å². The van der Waals surface area contributed by atoms with E-state index in [1.807, 2.05) is 0 Å². The molecule has 112 valence electrons. The number of rotatable bonds is 6. The molecule has 0 aliphatic heterocycles. The van der Waals surface area contributed by atoms with Gasteiger partial charge in [0.15, 0.2) is 0 Å². The standard InChI is InChI=1S/C14H14O7/c1-17-7-9-3-4-10(20-9)8-19-14(16)12-6-5-11(21-12)13(15)18-2/h3-6H,7-8H2,1-2H3. The molecule has 0 amide bonds.